The summed E-state index contributed by atoms with van der Waals surface area (Å²) >= 11 is 0. The number of fused-ring (bicyclic) bond motifs is 1. The Morgan fingerprint density at radius 2 is 1.22 bits per heavy atom. The molecule has 0 heterocycles. The van der Waals surface area contributed by atoms with Crippen LogP contribution < -0.4 is 5.73 Å². The Morgan fingerprint density at radius 3 is 2.09 bits per heavy atom. The van der Waals surface area contributed by atoms with Gasteiger partial charge in [-0.1, -0.05) is 72.8 Å². The van der Waals surface area contributed by atoms with E-state index in [-0.39, 0.29) is 0 Å². The molecule has 1 nitrogen and oxygen atoms in total. The number of benzene rings is 4. The van der Waals surface area contributed by atoms with E-state index in [0.717, 1.165) is 5.69 Å². The molecule has 0 saturated heterocycles. The first-order valence-corrected chi connectivity index (χ1v) is 7.75. The first-order chi connectivity index (χ1) is 11.3. The van der Waals surface area contributed by atoms with Crippen molar-refractivity contribution in [2.45, 2.75) is 0 Å². The fraction of sp³-hybridized carbons (Fsp3) is 0. The Hall–Kier alpha value is -3.06. The minimum absolute atomic E-state index is 0.791. The van der Waals surface area contributed by atoms with Crippen LogP contribution in [0.15, 0.2) is 91.0 Å². The predicted octanol–water partition coefficient (Wildman–Crippen LogP) is 5.76. The summed E-state index contributed by atoms with van der Waals surface area (Å²) in [7, 11) is 0. The highest BCUT2D eigenvalue weighted by Crippen LogP contribution is 2.31. The molecule has 0 aliphatic carbocycles. The minimum Gasteiger partial charge on any atom is -0.399 e. The van der Waals surface area contributed by atoms with E-state index in [1.165, 1.54) is 33.0 Å². The highest BCUT2D eigenvalue weighted by molar-refractivity contribution is 5.97. The van der Waals surface area contributed by atoms with Crippen LogP contribution in [0.2, 0.25) is 0 Å². The van der Waals surface area contributed by atoms with Gasteiger partial charge in [-0.2, -0.15) is 0 Å². The van der Waals surface area contributed by atoms with Gasteiger partial charge in [0.2, 0.25) is 0 Å². The molecule has 0 spiro atoms. The molecule has 0 amide bonds. The van der Waals surface area contributed by atoms with Crippen molar-refractivity contribution in [2.75, 3.05) is 5.73 Å². The van der Waals surface area contributed by atoms with Gasteiger partial charge in [-0.25, -0.2) is 0 Å². The maximum atomic E-state index is 5.79. The third-order valence-corrected chi connectivity index (χ3v) is 4.21. The standard InChI is InChI=1S/C22H17N/c23-20-13-11-16(12-14-20)18-7-3-8-19(15-18)22-10-4-6-17-5-1-2-9-21(17)22/h1-15H,23H2. The van der Waals surface area contributed by atoms with E-state index >= 15 is 0 Å². The first-order valence-electron chi connectivity index (χ1n) is 7.75. The SMILES string of the molecule is Nc1ccc(-c2cccc(-c3cccc4ccccc34)c2)cc1. The second-order valence-electron chi connectivity index (χ2n) is 5.73. The molecule has 0 radical (unpaired) electrons. The molecule has 23 heavy (non-hydrogen) atoms. The van der Waals surface area contributed by atoms with Crippen molar-refractivity contribution in [1.82, 2.24) is 0 Å². The van der Waals surface area contributed by atoms with Crippen molar-refractivity contribution in [3.05, 3.63) is 91.0 Å². The third kappa shape index (κ3) is 2.58. The van der Waals surface area contributed by atoms with Crippen LogP contribution in [0.4, 0.5) is 5.69 Å². The highest BCUT2D eigenvalue weighted by atomic mass is 14.5. The summed E-state index contributed by atoms with van der Waals surface area (Å²) < 4.78 is 0. The molecule has 1 heteroatoms. The molecule has 0 atom stereocenters. The van der Waals surface area contributed by atoms with Crippen molar-refractivity contribution >= 4 is 16.5 Å². The summed E-state index contributed by atoms with van der Waals surface area (Å²) in [5.74, 6) is 0. The molecule has 0 saturated carbocycles. The third-order valence-electron chi connectivity index (χ3n) is 4.21. The predicted molar refractivity (Wildman–Crippen MR) is 99.2 cm³/mol. The van der Waals surface area contributed by atoms with Gasteiger partial charge in [0.15, 0.2) is 0 Å². The van der Waals surface area contributed by atoms with Crippen LogP contribution in [0, 0.1) is 0 Å². The largest absolute Gasteiger partial charge is 0.399 e. The number of hydrogen-bond acceptors (Lipinski definition) is 1. The highest BCUT2D eigenvalue weighted by Gasteiger charge is 2.05. The zero-order valence-corrected chi connectivity index (χ0v) is 12.7. The van der Waals surface area contributed by atoms with E-state index in [4.69, 9.17) is 5.73 Å². The Balaban J connectivity index is 1.86. The zero-order valence-electron chi connectivity index (χ0n) is 12.7. The molecule has 0 unspecified atom stereocenters. The number of anilines is 1. The maximum Gasteiger partial charge on any atom is 0.0314 e. The lowest BCUT2D eigenvalue weighted by Crippen LogP contribution is -1.85. The molecular weight excluding hydrogens is 278 g/mol. The fourth-order valence-electron chi connectivity index (χ4n) is 3.02. The van der Waals surface area contributed by atoms with Crippen LogP contribution >= 0.6 is 0 Å². The fourth-order valence-corrected chi connectivity index (χ4v) is 3.02. The van der Waals surface area contributed by atoms with Crippen molar-refractivity contribution in [3.8, 4) is 22.3 Å². The Labute approximate surface area is 136 Å². The lowest BCUT2D eigenvalue weighted by atomic mass is 9.95. The Bertz CT molecular complexity index is 963. The first kappa shape index (κ1) is 13.6. The van der Waals surface area contributed by atoms with Gasteiger partial charge in [-0.3, -0.25) is 0 Å². The van der Waals surface area contributed by atoms with E-state index in [1.54, 1.807) is 0 Å². The van der Waals surface area contributed by atoms with Crippen molar-refractivity contribution in [2.24, 2.45) is 0 Å². The number of rotatable bonds is 2. The van der Waals surface area contributed by atoms with Crippen LogP contribution in [0.25, 0.3) is 33.0 Å². The van der Waals surface area contributed by atoms with Crippen molar-refractivity contribution in [1.29, 1.82) is 0 Å². The molecule has 4 aromatic rings. The van der Waals surface area contributed by atoms with Crippen LogP contribution in [-0.2, 0) is 0 Å². The molecule has 110 valence electrons. The van der Waals surface area contributed by atoms with Crippen LogP contribution in [0.3, 0.4) is 0 Å². The molecule has 4 rings (SSSR count). The minimum atomic E-state index is 0.791. The molecule has 2 N–H and O–H groups in total. The van der Waals surface area contributed by atoms with E-state index in [9.17, 15) is 0 Å². The van der Waals surface area contributed by atoms with Gasteiger partial charge >= 0.3 is 0 Å². The van der Waals surface area contributed by atoms with Gasteiger partial charge in [0.25, 0.3) is 0 Å². The number of nitrogen functional groups attached to an aromatic ring is 1. The lowest BCUT2D eigenvalue weighted by molar-refractivity contribution is 1.60. The summed E-state index contributed by atoms with van der Waals surface area (Å²) in [6.07, 6.45) is 0. The molecule has 0 aromatic heterocycles. The van der Waals surface area contributed by atoms with E-state index in [0.29, 0.717) is 0 Å². The van der Waals surface area contributed by atoms with Gasteiger partial charge < -0.3 is 5.73 Å². The molecule has 0 aliphatic rings. The number of hydrogen-bond donors (Lipinski definition) is 1. The zero-order chi connectivity index (χ0) is 15.6. The summed E-state index contributed by atoms with van der Waals surface area (Å²) in [5.41, 5.74) is 11.5. The van der Waals surface area contributed by atoms with Gasteiger partial charge in [0, 0.05) is 5.69 Å². The molecule has 0 fully saturated rings. The average Bonchev–Trinajstić information content (AvgIpc) is 2.62. The van der Waals surface area contributed by atoms with Gasteiger partial charge in [-0.15, -0.1) is 0 Å². The van der Waals surface area contributed by atoms with Gasteiger partial charge in [-0.05, 0) is 51.2 Å². The molecule has 0 bridgehead atoms. The Morgan fingerprint density at radius 1 is 0.522 bits per heavy atom. The van der Waals surface area contributed by atoms with Crippen molar-refractivity contribution < 1.29 is 0 Å². The molecule has 0 aliphatic heterocycles. The van der Waals surface area contributed by atoms with E-state index in [2.05, 4.69) is 78.9 Å². The second-order valence-corrected chi connectivity index (χ2v) is 5.73. The van der Waals surface area contributed by atoms with Gasteiger partial charge in [0.1, 0.15) is 0 Å². The summed E-state index contributed by atoms with van der Waals surface area (Å²) in [5, 5.41) is 2.55. The van der Waals surface area contributed by atoms with E-state index < -0.39 is 0 Å². The van der Waals surface area contributed by atoms with Gasteiger partial charge in [0.05, 0.1) is 0 Å². The second kappa shape index (κ2) is 5.62. The Kier molecular flexibility index (Phi) is 3.32. The molecular formula is C22H17N. The van der Waals surface area contributed by atoms with Crippen LogP contribution in [-0.4, -0.2) is 0 Å². The normalized spacial score (nSPS) is 10.8. The van der Waals surface area contributed by atoms with Crippen molar-refractivity contribution in [3.63, 3.8) is 0 Å². The summed E-state index contributed by atoms with van der Waals surface area (Å²) in [6.45, 7) is 0. The number of nitrogens with two attached hydrogens (primary N) is 1. The smallest absolute Gasteiger partial charge is 0.0314 e. The van der Waals surface area contributed by atoms with Crippen LogP contribution in [0.1, 0.15) is 0 Å². The lowest BCUT2D eigenvalue weighted by Gasteiger charge is -2.09. The van der Waals surface area contributed by atoms with E-state index in [1.807, 2.05) is 12.1 Å². The topological polar surface area (TPSA) is 26.0 Å². The summed E-state index contributed by atoms with van der Waals surface area (Å²) in [4.78, 5) is 0. The monoisotopic (exact) mass is 295 g/mol. The van der Waals surface area contributed by atoms with Crippen LogP contribution in [0.5, 0.6) is 0 Å². The average molecular weight is 295 g/mol. The maximum absolute atomic E-state index is 5.79. The summed E-state index contributed by atoms with van der Waals surface area (Å²) in [6, 6.07) is 31.7. The quantitative estimate of drug-likeness (QED) is 0.468. The molecule has 4 aromatic carbocycles.